The van der Waals surface area contributed by atoms with Gasteiger partial charge in [-0.1, -0.05) is 30.3 Å². The summed E-state index contributed by atoms with van der Waals surface area (Å²) in [5.41, 5.74) is 0.926. The summed E-state index contributed by atoms with van der Waals surface area (Å²) in [5.74, 6) is -0.583. The molecule has 6 nitrogen and oxygen atoms in total. The van der Waals surface area contributed by atoms with Crippen LogP contribution in [0, 0.1) is 11.3 Å². The lowest BCUT2D eigenvalue weighted by Crippen LogP contribution is -2.38. The predicted octanol–water partition coefficient (Wildman–Crippen LogP) is 5.94. The maximum Gasteiger partial charge on any atom is 0.435 e. The number of hydrogen-bond acceptors (Lipinski definition) is 5. The Balaban J connectivity index is 1.75. The van der Waals surface area contributed by atoms with Crippen molar-refractivity contribution in [1.29, 1.82) is 5.26 Å². The SMILES string of the molecule is CCn1cc(-c2ccccc2C2CN(C(=O)/C=C/CNC(C)(C)C)Cc3sc(C#N)cc32)c(C(F)(F)F)n1. The summed E-state index contributed by atoms with van der Waals surface area (Å²) in [6, 6.07) is 10.9. The first-order chi connectivity index (χ1) is 17.9. The first-order valence-electron chi connectivity index (χ1n) is 12.4. The minimum Gasteiger partial charge on any atom is -0.333 e. The van der Waals surface area contributed by atoms with Crippen molar-refractivity contribution in [2.24, 2.45) is 0 Å². The van der Waals surface area contributed by atoms with Crippen LogP contribution in [0.4, 0.5) is 13.2 Å². The molecule has 2 aromatic heterocycles. The van der Waals surface area contributed by atoms with Crippen molar-refractivity contribution >= 4 is 17.2 Å². The molecule has 3 aromatic rings. The second-order valence-electron chi connectivity index (χ2n) is 10.2. The van der Waals surface area contributed by atoms with Gasteiger partial charge in [0.15, 0.2) is 5.69 Å². The van der Waals surface area contributed by atoms with E-state index in [2.05, 4.69) is 16.5 Å². The molecule has 0 bridgehead atoms. The molecule has 1 unspecified atom stereocenters. The Hall–Kier alpha value is -3.42. The van der Waals surface area contributed by atoms with Gasteiger partial charge in [-0.3, -0.25) is 9.48 Å². The summed E-state index contributed by atoms with van der Waals surface area (Å²) in [6.45, 7) is 9.30. The summed E-state index contributed by atoms with van der Waals surface area (Å²) in [4.78, 5) is 16.2. The van der Waals surface area contributed by atoms with Crippen LogP contribution in [0.15, 0.2) is 48.7 Å². The highest BCUT2D eigenvalue weighted by atomic mass is 32.1. The van der Waals surface area contributed by atoms with Crippen molar-refractivity contribution < 1.29 is 18.0 Å². The van der Waals surface area contributed by atoms with Crippen LogP contribution < -0.4 is 5.32 Å². The Labute approximate surface area is 224 Å². The van der Waals surface area contributed by atoms with E-state index in [1.807, 2.05) is 20.8 Å². The van der Waals surface area contributed by atoms with Crippen molar-refractivity contribution in [2.45, 2.75) is 58.4 Å². The molecule has 0 saturated carbocycles. The monoisotopic (exact) mass is 541 g/mol. The number of halogens is 3. The summed E-state index contributed by atoms with van der Waals surface area (Å²) >= 11 is 1.32. The quantitative estimate of drug-likeness (QED) is 0.392. The molecule has 200 valence electrons. The fourth-order valence-corrected chi connectivity index (χ4v) is 5.61. The summed E-state index contributed by atoms with van der Waals surface area (Å²) in [5, 5.41) is 16.6. The van der Waals surface area contributed by atoms with Gasteiger partial charge in [0.05, 0.1) is 6.54 Å². The Morgan fingerprint density at radius 1 is 1.24 bits per heavy atom. The number of benzene rings is 1. The fourth-order valence-electron chi connectivity index (χ4n) is 4.57. The molecular formula is C28H30F3N5OS. The van der Waals surface area contributed by atoms with E-state index in [0.717, 1.165) is 10.4 Å². The van der Waals surface area contributed by atoms with Crippen LogP contribution >= 0.6 is 11.3 Å². The fraction of sp³-hybridized carbons (Fsp3) is 0.393. The molecule has 1 aliphatic heterocycles. The third kappa shape index (κ3) is 6.00. The Bertz CT molecular complexity index is 1390. The summed E-state index contributed by atoms with van der Waals surface area (Å²) in [7, 11) is 0. The number of nitriles is 1. The van der Waals surface area contributed by atoms with E-state index in [4.69, 9.17) is 0 Å². The third-order valence-electron chi connectivity index (χ3n) is 6.37. The van der Waals surface area contributed by atoms with Crippen molar-refractivity contribution in [3.8, 4) is 17.2 Å². The summed E-state index contributed by atoms with van der Waals surface area (Å²) in [6.07, 6.45) is 0.104. The first kappa shape index (κ1) is 27.6. The highest BCUT2D eigenvalue weighted by molar-refractivity contribution is 7.12. The van der Waals surface area contributed by atoms with Crippen molar-refractivity contribution in [3.63, 3.8) is 0 Å². The van der Waals surface area contributed by atoms with Gasteiger partial charge in [0.2, 0.25) is 5.91 Å². The number of aryl methyl sites for hydroxylation is 1. The first-order valence-corrected chi connectivity index (χ1v) is 13.2. The van der Waals surface area contributed by atoms with Gasteiger partial charge in [0, 0.05) is 53.8 Å². The highest BCUT2D eigenvalue weighted by Gasteiger charge is 2.39. The number of aromatic nitrogens is 2. The van der Waals surface area contributed by atoms with Gasteiger partial charge >= 0.3 is 6.18 Å². The number of thiophene rings is 1. The number of nitrogens with one attached hydrogen (secondary N) is 1. The van der Waals surface area contributed by atoms with E-state index >= 15 is 0 Å². The lowest BCUT2D eigenvalue weighted by molar-refractivity contribution is -0.141. The normalized spacial score (nSPS) is 16.1. The molecule has 4 rings (SSSR count). The van der Waals surface area contributed by atoms with Gasteiger partial charge in [-0.15, -0.1) is 11.3 Å². The zero-order chi connectivity index (χ0) is 27.7. The Morgan fingerprint density at radius 3 is 2.63 bits per heavy atom. The Kier molecular flexibility index (Phi) is 7.81. The average Bonchev–Trinajstić information content (AvgIpc) is 3.49. The van der Waals surface area contributed by atoms with Gasteiger partial charge in [-0.25, -0.2) is 0 Å². The molecule has 10 heteroatoms. The highest BCUT2D eigenvalue weighted by Crippen LogP contribution is 2.44. The number of nitrogens with zero attached hydrogens (tertiary/aromatic N) is 4. The zero-order valence-electron chi connectivity index (χ0n) is 21.8. The molecule has 38 heavy (non-hydrogen) atoms. The van der Waals surface area contributed by atoms with Gasteiger partial charge in [-0.2, -0.15) is 23.5 Å². The average molecular weight is 542 g/mol. The van der Waals surface area contributed by atoms with E-state index in [-0.39, 0.29) is 23.6 Å². The van der Waals surface area contributed by atoms with E-state index in [1.165, 1.54) is 28.3 Å². The van der Waals surface area contributed by atoms with E-state index in [1.54, 1.807) is 48.2 Å². The van der Waals surface area contributed by atoms with Gasteiger partial charge in [0.1, 0.15) is 10.9 Å². The molecule has 1 amide bonds. The maximum absolute atomic E-state index is 14.0. The van der Waals surface area contributed by atoms with E-state index < -0.39 is 17.8 Å². The number of amides is 1. The van der Waals surface area contributed by atoms with Crippen LogP contribution in [-0.4, -0.2) is 39.2 Å². The van der Waals surface area contributed by atoms with Crippen molar-refractivity contribution in [1.82, 2.24) is 20.0 Å². The minimum atomic E-state index is -4.62. The lowest BCUT2D eigenvalue weighted by atomic mass is 9.83. The second kappa shape index (κ2) is 10.8. The second-order valence-corrected chi connectivity index (χ2v) is 11.4. The van der Waals surface area contributed by atoms with Crippen LogP contribution in [0.5, 0.6) is 0 Å². The molecule has 0 spiro atoms. The molecule has 0 fully saturated rings. The predicted molar refractivity (Wildman–Crippen MR) is 142 cm³/mol. The zero-order valence-corrected chi connectivity index (χ0v) is 22.6. The molecule has 1 aliphatic rings. The number of carbonyl (C=O) groups excluding carboxylic acids is 1. The molecular weight excluding hydrogens is 511 g/mol. The molecule has 1 N–H and O–H groups in total. The van der Waals surface area contributed by atoms with Crippen molar-refractivity contribution in [2.75, 3.05) is 13.1 Å². The topological polar surface area (TPSA) is 74.0 Å². The van der Waals surface area contributed by atoms with Gasteiger partial charge < -0.3 is 10.2 Å². The third-order valence-corrected chi connectivity index (χ3v) is 7.41. The number of fused-ring (bicyclic) bond motifs is 1. The van der Waals surface area contributed by atoms with Crippen LogP contribution in [-0.2, 0) is 24.1 Å². The maximum atomic E-state index is 14.0. The van der Waals surface area contributed by atoms with Gasteiger partial charge in [-0.05, 0) is 50.5 Å². The molecule has 3 heterocycles. The molecule has 1 atom stereocenters. The number of alkyl halides is 3. The van der Waals surface area contributed by atoms with Crippen LogP contribution in [0.2, 0.25) is 0 Å². The summed E-state index contributed by atoms with van der Waals surface area (Å²) < 4.78 is 43.2. The van der Waals surface area contributed by atoms with Crippen LogP contribution in [0.25, 0.3) is 11.1 Å². The Morgan fingerprint density at radius 2 is 1.97 bits per heavy atom. The van der Waals surface area contributed by atoms with E-state index in [9.17, 15) is 23.2 Å². The minimum absolute atomic E-state index is 0.00355. The standard InChI is InChI=1S/C28H30F3N5OS/c1-5-36-16-23(26(34-36)28(29,30)31)20-10-7-6-9-19(20)22-15-35(17-24-21(22)13-18(14-32)38-24)25(37)11-8-12-33-27(2,3)4/h6-11,13,16,22,33H,5,12,15,17H2,1-4H3/b11-8+. The number of carbonyl (C=O) groups is 1. The van der Waals surface area contributed by atoms with Crippen LogP contribution in [0.1, 0.15) is 60.2 Å². The van der Waals surface area contributed by atoms with Crippen LogP contribution in [0.3, 0.4) is 0 Å². The largest absolute Gasteiger partial charge is 0.435 e. The lowest BCUT2D eigenvalue weighted by Gasteiger charge is -2.33. The smallest absolute Gasteiger partial charge is 0.333 e. The number of rotatable bonds is 6. The number of hydrogen-bond donors (Lipinski definition) is 1. The molecule has 0 saturated heterocycles. The molecule has 1 aromatic carbocycles. The molecule has 0 radical (unpaired) electrons. The van der Waals surface area contributed by atoms with Crippen molar-refractivity contribution in [3.05, 3.63) is 75.3 Å². The van der Waals surface area contributed by atoms with E-state index in [0.29, 0.717) is 35.6 Å². The van der Waals surface area contributed by atoms with Gasteiger partial charge in [0.25, 0.3) is 0 Å². The molecule has 0 aliphatic carbocycles.